The summed E-state index contributed by atoms with van der Waals surface area (Å²) in [7, 11) is 0. The summed E-state index contributed by atoms with van der Waals surface area (Å²) in [4.78, 5) is 63.8. The summed E-state index contributed by atoms with van der Waals surface area (Å²) in [5.74, 6) is -3.16. The largest absolute Gasteiger partial charge is 0.471 e. The smallest absolute Gasteiger partial charge is 0.444 e. The molecule has 2 amide bonds. The van der Waals surface area contributed by atoms with Gasteiger partial charge in [-0.3, -0.25) is 19.2 Å². The highest BCUT2D eigenvalue weighted by Crippen LogP contribution is 2.43. The van der Waals surface area contributed by atoms with Gasteiger partial charge in [0.15, 0.2) is 0 Å². The molecule has 20 heteroatoms. The molecule has 2 atom stereocenters. The van der Waals surface area contributed by atoms with E-state index in [0.29, 0.717) is 88.0 Å². The Bertz CT molecular complexity index is 3610. The molecule has 5 fully saturated rings. The topological polar surface area (TPSA) is 140 Å². The molecule has 0 spiro atoms. The molecule has 6 aromatic rings. The predicted octanol–water partition coefficient (Wildman–Crippen LogP) is 12.0. The number of alkyl carbamates (subject to hydrolysis) is 1. The number of rotatable bonds is 12. The Morgan fingerprint density at radius 2 is 0.962 bits per heavy atom. The van der Waals surface area contributed by atoms with E-state index in [2.05, 4.69) is 41.0 Å². The maximum atomic E-state index is 15.2. The van der Waals surface area contributed by atoms with Crippen molar-refractivity contribution in [2.75, 3.05) is 49.1 Å². The van der Waals surface area contributed by atoms with E-state index in [4.69, 9.17) is 4.74 Å². The first-order valence-corrected chi connectivity index (χ1v) is 27.3. The molecule has 0 bridgehead atoms. The van der Waals surface area contributed by atoms with Crippen LogP contribution >= 0.6 is 15.9 Å². The van der Waals surface area contributed by atoms with Crippen molar-refractivity contribution in [3.05, 3.63) is 144 Å². The summed E-state index contributed by atoms with van der Waals surface area (Å²) >= 11 is 3.23. The fourth-order valence-electron chi connectivity index (χ4n) is 10.8. The molecule has 2 N–H and O–H groups in total. The van der Waals surface area contributed by atoms with E-state index in [1.54, 1.807) is 49.0 Å². The second kappa shape index (κ2) is 22.6. The quantitative estimate of drug-likeness (QED) is 0.115. The van der Waals surface area contributed by atoms with E-state index in [-0.39, 0.29) is 64.8 Å². The SMILES string of the molecule is C=Cc1c(Br)c(F)cc2ccc(=O)n(C3CC3)c12.C=Cc1c(N2CCC(CNC(=O)C(F)(F)F)C2)c(F)cc2ccc(=O)n(C3CC3)c12.C=Cc1c(N2CCC(CNC(=O)OC(C)(C)C)C2)c(F)cc2ccc(=O)n(C3CC3)c12. The van der Waals surface area contributed by atoms with Crippen LogP contribution in [0.2, 0.25) is 0 Å². The van der Waals surface area contributed by atoms with Crippen molar-refractivity contribution < 1.29 is 40.7 Å². The molecule has 3 aromatic heterocycles. The Morgan fingerprint density at radius 1 is 0.595 bits per heavy atom. The minimum atomic E-state index is -4.93. The van der Waals surface area contributed by atoms with Crippen molar-refractivity contribution in [3.63, 3.8) is 0 Å². The van der Waals surface area contributed by atoms with Crippen molar-refractivity contribution in [2.24, 2.45) is 11.8 Å². The maximum Gasteiger partial charge on any atom is 0.471 e. The van der Waals surface area contributed by atoms with Gasteiger partial charge in [-0.2, -0.15) is 13.2 Å². The number of hydrogen-bond acceptors (Lipinski definition) is 8. The third kappa shape index (κ3) is 12.2. The summed E-state index contributed by atoms with van der Waals surface area (Å²) in [6.07, 6.45) is 6.44. The van der Waals surface area contributed by atoms with Gasteiger partial charge in [0.1, 0.15) is 23.1 Å². The number of ether oxygens (including phenoxy) is 1. The number of aromatic nitrogens is 3. The molecule has 5 aliphatic rings. The molecule has 418 valence electrons. The highest BCUT2D eigenvalue weighted by molar-refractivity contribution is 9.10. The molecule has 2 unspecified atom stereocenters. The van der Waals surface area contributed by atoms with Crippen LogP contribution in [-0.2, 0) is 9.53 Å². The lowest BCUT2D eigenvalue weighted by molar-refractivity contribution is -0.173. The molecular weight excluding hydrogens is 1100 g/mol. The molecular formula is C59H62BrF6N7O6. The van der Waals surface area contributed by atoms with Crippen LogP contribution in [0.1, 0.15) is 107 Å². The standard InChI is InChI=1S/C24H30FN3O3.C21H21F4N3O2.C14H11BrFNO/c1-5-18-21-16(6-9-20(29)28(21)17-7-8-17)12-19(25)22(18)27-11-10-15(14-27)13-26-23(30)31-24(2,3)4;1-2-15-18-13(3-6-17(29)28(18)14-4-5-14)9-16(22)19(15)27-8-7-12(11-27)10-26-20(30)21(23,24)25;1-2-10-13(15)11(16)7-8-3-6-12(18)17(14(8)10)9-4-5-9/h5-6,9,12,15,17H,1,7-8,10-11,13-14H2,2-4H3,(H,26,30);2-3,6,9,12,14H,1,4-5,7-8,10-11H2,(H,26,30);2-3,6-7,9H,1,4-5H2. The number of nitrogens with zero attached hydrogens (tertiary/aromatic N) is 5. The van der Waals surface area contributed by atoms with E-state index in [9.17, 15) is 41.5 Å². The van der Waals surface area contributed by atoms with E-state index < -0.39 is 29.6 Å². The van der Waals surface area contributed by atoms with Crippen molar-refractivity contribution in [2.45, 2.75) is 102 Å². The molecule has 3 saturated carbocycles. The van der Waals surface area contributed by atoms with Gasteiger partial charge in [-0.25, -0.2) is 18.0 Å². The Morgan fingerprint density at radius 3 is 1.32 bits per heavy atom. The third-order valence-corrected chi connectivity index (χ3v) is 15.6. The number of pyridine rings is 3. The minimum absolute atomic E-state index is 0.0355. The minimum Gasteiger partial charge on any atom is -0.444 e. The predicted molar refractivity (Wildman–Crippen MR) is 301 cm³/mol. The molecule has 11 rings (SSSR count). The Hall–Kier alpha value is -7.09. The van der Waals surface area contributed by atoms with Crippen molar-refractivity contribution in [3.8, 4) is 0 Å². The van der Waals surface area contributed by atoms with E-state index in [1.165, 1.54) is 42.5 Å². The summed E-state index contributed by atoms with van der Waals surface area (Å²) < 4.78 is 92.2. The highest BCUT2D eigenvalue weighted by atomic mass is 79.9. The maximum absolute atomic E-state index is 15.2. The average molecular weight is 1160 g/mol. The Balaban J connectivity index is 0.000000149. The van der Waals surface area contributed by atoms with Crippen LogP contribution in [0.4, 0.5) is 42.5 Å². The lowest BCUT2D eigenvalue weighted by Crippen LogP contribution is -2.39. The molecule has 2 aliphatic heterocycles. The zero-order valence-electron chi connectivity index (χ0n) is 44.2. The summed E-state index contributed by atoms with van der Waals surface area (Å²) in [5.41, 5.74) is 3.98. The van der Waals surface area contributed by atoms with Gasteiger partial charge in [-0.05, 0) is 136 Å². The van der Waals surface area contributed by atoms with Crippen molar-refractivity contribution in [1.29, 1.82) is 0 Å². The van der Waals surface area contributed by atoms with Crippen LogP contribution in [0.5, 0.6) is 0 Å². The molecule has 3 aromatic carbocycles. The number of nitrogens with one attached hydrogen (secondary N) is 2. The van der Waals surface area contributed by atoms with Gasteiger partial charge in [-0.1, -0.05) is 38.0 Å². The number of benzene rings is 3. The third-order valence-electron chi connectivity index (χ3n) is 14.8. The van der Waals surface area contributed by atoms with Crippen LogP contribution in [0.15, 0.2) is 93.2 Å². The Labute approximate surface area is 460 Å². The van der Waals surface area contributed by atoms with Crippen molar-refractivity contribution in [1.82, 2.24) is 24.3 Å². The number of alkyl halides is 3. The van der Waals surface area contributed by atoms with Gasteiger partial charge >= 0.3 is 18.2 Å². The number of carbonyl (C=O) groups is 2. The van der Waals surface area contributed by atoms with Gasteiger partial charge in [0.05, 0.1) is 32.4 Å². The molecule has 2 saturated heterocycles. The fraction of sp³-hybridized carbons (Fsp3) is 0.407. The van der Waals surface area contributed by atoms with Gasteiger partial charge < -0.3 is 38.9 Å². The van der Waals surface area contributed by atoms with Crippen molar-refractivity contribution >= 4 is 90.2 Å². The molecule has 79 heavy (non-hydrogen) atoms. The second-order valence-corrected chi connectivity index (χ2v) is 22.7. The average Bonchev–Trinajstić information content (AvgIpc) is 4.46. The number of amides is 2. The number of anilines is 2. The number of hydrogen-bond donors (Lipinski definition) is 2. The van der Waals surface area contributed by atoms with Gasteiger partial charge in [0, 0.05) is 108 Å². The fourth-order valence-corrected chi connectivity index (χ4v) is 11.3. The summed E-state index contributed by atoms with van der Waals surface area (Å²) in [5, 5.41) is 6.77. The molecule has 5 heterocycles. The van der Waals surface area contributed by atoms with E-state index in [1.807, 2.05) is 31.0 Å². The van der Waals surface area contributed by atoms with E-state index >= 15 is 8.78 Å². The number of halogens is 7. The zero-order valence-corrected chi connectivity index (χ0v) is 45.8. The monoisotopic (exact) mass is 1160 g/mol. The number of carbonyl (C=O) groups excluding carboxylic acids is 2. The first kappa shape index (κ1) is 56.6. The lowest BCUT2D eigenvalue weighted by atomic mass is 10.0. The van der Waals surface area contributed by atoms with Crippen LogP contribution in [0, 0.1) is 29.3 Å². The summed E-state index contributed by atoms with van der Waals surface area (Å²) in [6.45, 7) is 19.3. The normalized spacial score (nSPS) is 18.2. The van der Waals surface area contributed by atoms with Gasteiger partial charge in [0.25, 0.3) is 16.7 Å². The molecule has 3 aliphatic carbocycles. The molecule has 0 radical (unpaired) electrons. The highest BCUT2D eigenvalue weighted by Gasteiger charge is 2.40. The van der Waals surface area contributed by atoms with Gasteiger partial charge in [0.2, 0.25) is 0 Å². The summed E-state index contributed by atoms with van der Waals surface area (Å²) in [6, 6.07) is 14.3. The molecule has 13 nitrogen and oxygen atoms in total. The van der Waals surface area contributed by atoms with Crippen LogP contribution in [0.3, 0.4) is 0 Å². The second-order valence-electron chi connectivity index (χ2n) is 21.9. The van der Waals surface area contributed by atoms with Gasteiger partial charge in [-0.15, -0.1) is 0 Å². The zero-order chi connectivity index (χ0) is 56.8. The van der Waals surface area contributed by atoms with Crippen LogP contribution in [-0.4, -0.2) is 76.7 Å². The first-order valence-electron chi connectivity index (χ1n) is 26.5. The van der Waals surface area contributed by atoms with Crippen LogP contribution < -0.4 is 37.1 Å². The number of fused-ring (bicyclic) bond motifs is 3. The lowest BCUT2D eigenvalue weighted by Gasteiger charge is -2.24. The first-order chi connectivity index (χ1) is 37.5. The van der Waals surface area contributed by atoms with Crippen LogP contribution in [0.25, 0.3) is 50.9 Å². The van der Waals surface area contributed by atoms with E-state index in [0.717, 1.165) is 61.4 Å². The Kier molecular flexibility index (Phi) is 16.2.